The molecule has 2 aromatic carbocycles. The molecule has 0 bridgehead atoms. The Morgan fingerprint density at radius 1 is 0.538 bits per heavy atom. The lowest BCUT2D eigenvalue weighted by atomic mass is 9.90. The molecule has 0 saturated carbocycles. The van der Waals surface area contributed by atoms with Crippen molar-refractivity contribution in [2.45, 2.75) is 41.5 Å². The summed E-state index contributed by atoms with van der Waals surface area (Å²) in [5.74, 6) is 0. The van der Waals surface area contributed by atoms with E-state index in [2.05, 4.69) is 116 Å². The second kappa shape index (κ2) is 12.7. The molecular formula is C24H40N2. The highest BCUT2D eigenvalue weighted by molar-refractivity contribution is 5.76. The number of nitrogens with zero attached hydrogens (tertiary/aromatic N) is 2. The minimum absolute atomic E-state index is 1.14. The molecule has 0 amide bonds. The SMILES string of the molecule is CCN(C)C.CCN(C)C.Cc1cccc(C)c1-c1c(C)cccc1C. The Labute approximate surface area is 162 Å². The number of hydrogen-bond acceptors (Lipinski definition) is 2. The molecule has 2 nitrogen and oxygen atoms in total. The lowest BCUT2D eigenvalue weighted by Gasteiger charge is -2.15. The van der Waals surface area contributed by atoms with E-state index in [0.29, 0.717) is 0 Å². The largest absolute Gasteiger partial charge is 0.310 e. The summed E-state index contributed by atoms with van der Waals surface area (Å²) in [4.78, 5) is 4.25. The standard InChI is InChI=1S/C16H18.2C4H11N/c1-11-7-5-8-12(2)15(11)16-13(3)9-6-10-14(16)4;2*1-4-5(2)3/h5-10H,1-4H3;2*4H2,1-3H3. The van der Waals surface area contributed by atoms with Crippen LogP contribution in [0, 0.1) is 27.7 Å². The van der Waals surface area contributed by atoms with Gasteiger partial charge in [-0.3, -0.25) is 0 Å². The molecule has 2 heteroatoms. The maximum Gasteiger partial charge on any atom is -0.00533 e. The molecule has 0 saturated heterocycles. The molecule has 0 aliphatic carbocycles. The highest BCUT2D eigenvalue weighted by atomic mass is 15.0. The first-order valence-electron chi connectivity index (χ1n) is 9.57. The first-order valence-corrected chi connectivity index (χ1v) is 9.57. The Hall–Kier alpha value is -1.64. The van der Waals surface area contributed by atoms with Crippen LogP contribution in [0.4, 0.5) is 0 Å². The molecule has 2 rings (SSSR count). The van der Waals surface area contributed by atoms with E-state index in [1.54, 1.807) is 0 Å². The van der Waals surface area contributed by atoms with E-state index in [1.807, 2.05) is 0 Å². The number of benzene rings is 2. The van der Waals surface area contributed by atoms with Gasteiger partial charge in [0.15, 0.2) is 0 Å². The molecule has 2 aromatic rings. The molecule has 0 heterocycles. The van der Waals surface area contributed by atoms with E-state index in [0.717, 1.165) is 13.1 Å². The van der Waals surface area contributed by atoms with Crippen molar-refractivity contribution in [1.29, 1.82) is 0 Å². The van der Waals surface area contributed by atoms with E-state index >= 15 is 0 Å². The number of aryl methyl sites for hydroxylation is 4. The Kier molecular flexibility index (Phi) is 11.9. The molecule has 146 valence electrons. The zero-order valence-electron chi connectivity index (χ0n) is 18.8. The van der Waals surface area contributed by atoms with Crippen LogP contribution in [0.1, 0.15) is 36.1 Å². The monoisotopic (exact) mass is 356 g/mol. The maximum atomic E-state index is 2.19. The first kappa shape index (κ1) is 24.4. The summed E-state index contributed by atoms with van der Waals surface area (Å²) in [6.45, 7) is 15.3. The fourth-order valence-electron chi connectivity index (χ4n) is 2.42. The van der Waals surface area contributed by atoms with Gasteiger partial charge in [-0.2, -0.15) is 0 Å². The van der Waals surface area contributed by atoms with E-state index in [1.165, 1.54) is 33.4 Å². The fraction of sp³-hybridized carbons (Fsp3) is 0.500. The van der Waals surface area contributed by atoms with Gasteiger partial charge in [0.05, 0.1) is 0 Å². The van der Waals surface area contributed by atoms with Gasteiger partial charge >= 0.3 is 0 Å². The van der Waals surface area contributed by atoms with Crippen molar-refractivity contribution in [2.75, 3.05) is 41.3 Å². The average Bonchev–Trinajstić information content (AvgIpc) is 2.58. The molecule has 0 aliphatic heterocycles. The van der Waals surface area contributed by atoms with Crippen molar-refractivity contribution in [2.24, 2.45) is 0 Å². The molecule has 0 aliphatic rings. The molecule has 0 unspecified atom stereocenters. The molecule has 0 radical (unpaired) electrons. The zero-order valence-corrected chi connectivity index (χ0v) is 18.8. The van der Waals surface area contributed by atoms with Gasteiger partial charge in [0.25, 0.3) is 0 Å². The van der Waals surface area contributed by atoms with Crippen molar-refractivity contribution < 1.29 is 0 Å². The van der Waals surface area contributed by atoms with Crippen molar-refractivity contribution in [3.8, 4) is 11.1 Å². The Bertz CT molecular complexity index is 545. The van der Waals surface area contributed by atoms with Gasteiger partial charge in [0.1, 0.15) is 0 Å². The summed E-state index contributed by atoms with van der Waals surface area (Å²) >= 11 is 0. The van der Waals surface area contributed by atoms with Crippen LogP contribution in [-0.2, 0) is 0 Å². The highest BCUT2D eigenvalue weighted by Gasteiger charge is 2.09. The second-order valence-corrected chi connectivity index (χ2v) is 7.33. The summed E-state index contributed by atoms with van der Waals surface area (Å²) in [5, 5.41) is 0. The van der Waals surface area contributed by atoms with E-state index in [4.69, 9.17) is 0 Å². The fourth-order valence-corrected chi connectivity index (χ4v) is 2.42. The predicted octanol–water partition coefficient (Wildman–Crippen LogP) is 5.72. The van der Waals surface area contributed by atoms with Gasteiger partial charge in [-0.15, -0.1) is 0 Å². The Balaban J connectivity index is 0.000000520. The lowest BCUT2D eigenvalue weighted by Crippen LogP contribution is -2.08. The maximum absolute atomic E-state index is 2.19. The first-order chi connectivity index (χ1) is 12.1. The molecule has 0 aromatic heterocycles. The van der Waals surface area contributed by atoms with Gasteiger partial charge in [-0.1, -0.05) is 50.2 Å². The second-order valence-electron chi connectivity index (χ2n) is 7.33. The minimum atomic E-state index is 1.14. The van der Waals surface area contributed by atoms with Gasteiger partial charge in [-0.25, -0.2) is 0 Å². The van der Waals surface area contributed by atoms with Gasteiger partial charge in [0.2, 0.25) is 0 Å². The van der Waals surface area contributed by atoms with Crippen molar-refractivity contribution in [3.05, 3.63) is 58.7 Å². The third-order valence-corrected chi connectivity index (χ3v) is 4.48. The van der Waals surface area contributed by atoms with Crippen molar-refractivity contribution in [1.82, 2.24) is 9.80 Å². The van der Waals surface area contributed by atoms with Crippen LogP contribution in [0.3, 0.4) is 0 Å². The third kappa shape index (κ3) is 8.64. The number of rotatable bonds is 3. The molecule has 0 N–H and O–H groups in total. The van der Waals surface area contributed by atoms with Crippen LogP contribution in [-0.4, -0.2) is 51.1 Å². The summed E-state index contributed by atoms with van der Waals surface area (Å²) in [6.07, 6.45) is 0. The van der Waals surface area contributed by atoms with Crippen molar-refractivity contribution >= 4 is 0 Å². The van der Waals surface area contributed by atoms with Crippen LogP contribution in [0.15, 0.2) is 36.4 Å². The van der Waals surface area contributed by atoms with Gasteiger partial charge in [0, 0.05) is 0 Å². The van der Waals surface area contributed by atoms with E-state index in [9.17, 15) is 0 Å². The summed E-state index contributed by atoms with van der Waals surface area (Å²) in [7, 11) is 8.22. The number of hydrogen-bond donors (Lipinski definition) is 0. The topological polar surface area (TPSA) is 6.48 Å². The molecule has 0 spiro atoms. The summed E-state index contributed by atoms with van der Waals surface area (Å²) in [5.41, 5.74) is 8.24. The Morgan fingerprint density at radius 3 is 0.885 bits per heavy atom. The molecule has 0 fully saturated rings. The smallest absolute Gasteiger partial charge is 0.00533 e. The van der Waals surface area contributed by atoms with Crippen LogP contribution < -0.4 is 0 Å². The van der Waals surface area contributed by atoms with Crippen LogP contribution in [0.25, 0.3) is 11.1 Å². The summed E-state index contributed by atoms with van der Waals surface area (Å²) in [6, 6.07) is 13.0. The van der Waals surface area contributed by atoms with E-state index < -0.39 is 0 Å². The van der Waals surface area contributed by atoms with Crippen molar-refractivity contribution in [3.63, 3.8) is 0 Å². The normalized spacial score (nSPS) is 10.2. The predicted molar refractivity (Wildman–Crippen MR) is 119 cm³/mol. The highest BCUT2D eigenvalue weighted by Crippen LogP contribution is 2.32. The zero-order chi connectivity index (χ0) is 20.3. The minimum Gasteiger partial charge on any atom is -0.310 e. The lowest BCUT2D eigenvalue weighted by molar-refractivity contribution is 0.434. The molecule has 26 heavy (non-hydrogen) atoms. The third-order valence-electron chi connectivity index (χ3n) is 4.48. The molecule has 0 atom stereocenters. The van der Waals surface area contributed by atoms with Gasteiger partial charge < -0.3 is 9.80 Å². The van der Waals surface area contributed by atoms with Crippen LogP contribution >= 0.6 is 0 Å². The summed E-state index contributed by atoms with van der Waals surface area (Å²) < 4.78 is 0. The van der Waals surface area contributed by atoms with Crippen LogP contribution in [0.2, 0.25) is 0 Å². The van der Waals surface area contributed by atoms with E-state index in [-0.39, 0.29) is 0 Å². The Morgan fingerprint density at radius 2 is 0.731 bits per heavy atom. The van der Waals surface area contributed by atoms with Crippen LogP contribution in [0.5, 0.6) is 0 Å². The quantitative estimate of drug-likeness (QED) is 0.693. The molecular weight excluding hydrogens is 316 g/mol. The van der Waals surface area contributed by atoms with Gasteiger partial charge in [-0.05, 0) is 102 Å². The average molecular weight is 357 g/mol.